The number of nitrogens with zero attached hydrogens (tertiary/aromatic N) is 4. The van der Waals surface area contributed by atoms with Gasteiger partial charge in [-0.3, -0.25) is 0 Å². The zero-order chi connectivity index (χ0) is 14.5. The smallest absolute Gasteiger partial charge is 0.358 e. The molecule has 0 atom stereocenters. The Kier molecular flexibility index (Phi) is 4.34. The Balaban J connectivity index is 1.76. The fraction of sp³-hybridized carbons (Fsp3) is 0.500. The molecule has 1 aromatic rings. The molecule has 0 unspecified atom stereocenters. The molecule has 2 heterocycles. The number of carboxylic acids is 1. The highest BCUT2D eigenvalue weighted by atomic mass is 16.4. The highest BCUT2D eigenvalue weighted by Crippen LogP contribution is 2.08. The van der Waals surface area contributed by atoms with Crippen molar-refractivity contribution in [1.29, 1.82) is 0 Å². The molecule has 0 saturated carbocycles. The standard InChI is InChI=1S/C12H17N5O3/c1-9-3-2-5-16(7-9)12(20)13-4-6-17-8-10(11(18)19)14-15-17/h3,8H,2,4-7H2,1H3,(H,13,20)(H,18,19). The zero-order valence-corrected chi connectivity index (χ0v) is 11.2. The minimum Gasteiger partial charge on any atom is -0.476 e. The fourth-order valence-electron chi connectivity index (χ4n) is 1.98. The first-order chi connectivity index (χ1) is 9.56. The number of hydrogen-bond donors (Lipinski definition) is 2. The number of rotatable bonds is 4. The summed E-state index contributed by atoms with van der Waals surface area (Å²) in [7, 11) is 0. The molecule has 2 amide bonds. The highest BCUT2D eigenvalue weighted by molar-refractivity contribution is 5.84. The summed E-state index contributed by atoms with van der Waals surface area (Å²) in [6.07, 6.45) is 4.35. The van der Waals surface area contributed by atoms with E-state index in [4.69, 9.17) is 5.11 Å². The lowest BCUT2D eigenvalue weighted by atomic mass is 10.1. The number of hydrogen-bond acceptors (Lipinski definition) is 4. The Hall–Kier alpha value is -2.38. The van der Waals surface area contributed by atoms with Crippen LogP contribution in [0.4, 0.5) is 4.79 Å². The van der Waals surface area contributed by atoms with Crippen LogP contribution in [0, 0.1) is 0 Å². The van der Waals surface area contributed by atoms with Crippen molar-refractivity contribution < 1.29 is 14.7 Å². The average Bonchev–Trinajstić information content (AvgIpc) is 2.87. The molecule has 0 spiro atoms. The van der Waals surface area contributed by atoms with Gasteiger partial charge in [-0.1, -0.05) is 16.9 Å². The molecular weight excluding hydrogens is 262 g/mol. The summed E-state index contributed by atoms with van der Waals surface area (Å²) in [5.74, 6) is -1.11. The van der Waals surface area contributed by atoms with E-state index in [0.29, 0.717) is 19.6 Å². The van der Waals surface area contributed by atoms with Crippen LogP contribution in [-0.4, -0.2) is 56.6 Å². The van der Waals surface area contributed by atoms with Crippen molar-refractivity contribution >= 4 is 12.0 Å². The third-order valence-corrected chi connectivity index (χ3v) is 2.99. The summed E-state index contributed by atoms with van der Waals surface area (Å²) in [4.78, 5) is 24.3. The number of aromatic carboxylic acids is 1. The summed E-state index contributed by atoms with van der Waals surface area (Å²) in [5.41, 5.74) is 1.09. The minimum atomic E-state index is -1.11. The second-order valence-corrected chi connectivity index (χ2v) is 4.66. The number of carbonyl (C=O) groups is 2. The van der Waals surface area contributed by atoms with Crippen molar-refractivity contribution in [2.75, 3.05) is 19.6 Å². The van der Waals surface area contributed by atoms with Crippen LogP contribution in [-0.2, 0) is 6.54 Å². The third-order valence-electron chi connectivity index (χ3n) is 2.99. The maximum Gasteiger partial charge on any atom is 0.358 e. The Morgan fingerprint density at radius 1 is 1.50 bits per heavy atom. The van der Waals surface area contributed by atoms with E-state index >= 15 is 0 Å². The maximum atomic E-state index is 11.9. The Morgan fingerprint density at radius 2 is 2.30 bits per heavy atom. The number of urea groups is 1. The van der Waals surface area contributed by atoms with Gasteiger partial charge in [0.05, 0.1) is 12.7 Å². The molecular formula is C12H17N5O3. The summed E-state index contributed by atoms with van der Waals surface area (Å²) in [6.45, 7) is 4.13. The van der Waals surface area contributed by atoms with Crippen molar-refractivity contribution in [3.05, 3.63) is 23.5 Å². The number of aromatic nitrogens is 3. The van der Waals surface area contributed by atoms with Crippen LogP contribution in [0.25, 0.3) is 0 Å². The van der Waals surface area contributed by atoms with Gasteiger partial charge in [0.15, 0.2) is 5.69 Å². The summed E-state index contributed by atoms with van der Waals surface area (Å²) >= 11 is 0. The SMILES string of the molecule is CC1=CCCN(C(=O)NCCn2cc(C(=O)O)nn2)C1. The molecule has 108 valence electrons. The van der Waals surface area contributed by atoms with Crippen molar-refractivity contribution in [3.8, 4) is 0 Å². The molecule has 2 rings (SSSR count). The fourth-order valence-corrected chi connectivity index (χ4v) is 1.98. The first-order valence-corrected chi connectivity index (χ1v) is 6.38. The molecule has 0 saturated heterocycles. The number of nitrogens with one attached hydrogen (secondary N) is 1. The van der Waals surface area contributed by atoms with Crippen LogP contribution in [0.2, 0.25) is 0 Å². The van der Waals surface area contributed by atoms with E-state index in [1.165, 1.54) is 16.5 Å². The molecule has 1 aliphatic heterocycles. The van der Waals surface area contributed by atoms with Crippen LogP contribution in [0.5, 0.6) is 0 Å². The van der Waals surface area contributed by atoms with Gasteiger partial charge in [0.2, 0.25) is 0 Å². The van der Waals surface area contributed by atoms with Crippen molar-refractivity contribution in [2.45, 2.75) is 19.9 Å². The van der Waals surface area contributed by atoms with Crippen LogP contribution in [0.3, 0.4) is 0 Å². The Bertz CT molecular complexity index is 537. The monoisotopic (exact) mass is 279 g/mol. The first kappa shape index (κ1) is 14.0. The van der Waals surface area contributed by atoms with Crippen LogP contribution in [0.1, 0.15) is 23.8 Å². The molecule has 1 aliphatic rings. The predicted octanol–water partition coefficient (Wildman–Crippen LogP) is 0.338. The van der Waals surface area contributed by atoms with Gasteiger partial charge in [-0.05, 0) is 13.3 Å². The average molecular weight is 279 g/mol. The molecule has 0 radical (unpaired) electrons. The van der Waals surface area contributed by atoms with E-state index in [9.17, 15) is 9.59 Å². The normalized spacial score (nSPS) is 14.8. The third kappa shape index (κ3) is 3.56. The van der Waals surface area contributed by atoms with E-state index < -0.39 is 5.97 Å². The maximum absolute atomic E-state index is 11.9. The van der Waals surface area contributed by atoms with Gasteiger partial charge in [0.25, 0.3) is 0 Å². The van der Waals surface area contributed by atoms with E-state index in [-0.39, 0.29) is 11.7 Å². The summed E-state index contributed by atoms with van der Waals surface area (Å²) in [6, 6.07) is -0.115. The lowest BCUT2D eigenvalue weighted by Crippen LogP contribution is -2.43. The van der Waals surface area contributed by atoms with Gasteiger partial charge >= 0.3 is 12.0 Å². The molecule has 8 nitrogen and oxygen atoms in total. The summed E-state index contributed by atoms with van der Waals surface area (Å²) in [5, 5.41) is 18.7. The lowest BCUT2D eigenvalue weighted by molar-refractivity contribution is 0.0690. The van der Waals surface area contributed by atoms with E-state index in [2.05, 4.69) is 21.7 Å². The number of amides is 2. The van der Waals surface area contributed by atoms with E-state index in [1.54, 1.807) is 4.90 Å². The topological polar surface area (TPSA) is 100 Å². The van der Waals surface area contributed by atoms with Crippen molar-refractivity contribution in [3.63, 3.8) is 0 Å². The largest absolute Gasteiger partial charge is 0.476 e. The Morgan fingerprint density at radius 3 is 2.95 bits per heavy atom. The minimum absolute atomic E-state index is 0.104. The number of carbonyl (C=O) groups excluding carboxylic acids is 1. The molecule has 2 N–H and O–H groups in total. The van der Waals surface area contributed by atoms with Gasteiger partial charge in [-0.15, -0.1) is 5.10 Å². The molecule has 8 heteroatoms. The summed E-state index contributed by atoms with van der Waals surface area (Å²) < 4.78 is 1.39. The lowest BCUT2D eigenvalue weighted by Gasteiger charge is -2.26. The zero-order valence-electron chi connectivity index (χ0n) is 11.2. The van der Waals surface area contributed by atoms with Gasteiger partial charge in [-0.2, -0.15) is 0 Å². The van der Waals surface area contributed by atoms with Crippen molar-refractivity contribution in [2.24, 2.45) is 0 Å². The van der Waals surface area contributed by atoms with Crippen LogP contribution < -0.4 is 5.32 Å². The molecule has 0 bridgehead atoms. The molecule has 1 aromatic heterocycles. The highest BCUT2D eigenvalue weighted by Gasteiger charge is 2.15. The first-order valence-electron chi connectivity index (χ1n) is 6.38. The van der Waals surface area contributed by atoms with Gasteiger partial charge in [0, 0.05) is 19.6 Å². The second kappa shape index (κ2) is 6.18. The Labute approximate surface area is 116 Å². The molecule has 20 heavy (non-hydrogen) atoms. The van der Waals surface area contributed by atoms with Gasteiger partial charge in [-0.25, -0.2) is 14.3 Å². The quantitative estimate of drug-likeness (QED) is 0.774. The van der Waals surface area contributed by atoms with Gasteiger partial charge in [0.1, 0.15) is 0 Å². The predicted molar refractivity (Wildman–Crippen MR) is 70.3 cm³/mol. The van der Waals surface area contributed by atoms with Crippen LogP contribution in [0.15, 0.2) is 17.8 Å². The van der Waals surface area contributed by atoms with E-state index in [0.717, 1.165) is 13.0 Å². The van der Waals surface area contributed by atoms with E-state index in [1.807, 2.05) is 6.92 Å². The second-order valence-electron chi connectivity index (χ2n) is 4.66. The number of carboxylic acid groups (broad SMARTS) is 1. The molecule has 0 fully saturated rings. The van der Waals surface area contributed by atoms with Crippen LogP contribution >= 0.6 is 0 Å². The van der Waals surface area contributed by atoms with Gasteiger partial charge < -0.3 is 15.3 Å². The van der Waals surface area contributed by atoms with Crippen molar-refractivity contribution in [1.82, 2.24) is 25.2 Å². The molecule has 0 aliphatic carbocycles. The molecule has 0 aromatic carbocycles.